The van der Waals surface area contributed by atoms with Crippen LogP contribution in [0.4, 0.5) is 0 Å². The van der Waals surface area contributed by atoms with Gasteiger partial charge in [0.25, 0.3) is 0 Å². The van der Waals surface area contributed by atoms with Crippen molar-refractivity contribution in [2.45, 2.75) is 24.8 Å². The number of hydrogen-bond acceptors (Lipinski definition) is 2. The monoisotopic (exact) mass is 480 g/mol. The molecule has 0 saturated heterocycles. The van der Waals surface area contributed by atoms with Crippen LogP contribution in [-0.2, 0) is 12.0 Å². The summed E-state index contributed by atoms with van der Waals surface area (Å²) in [6.07, 6.45) is 2.31. The van der Waals surface area contributed by atoms with E-state index in [-0.39, 0.29) is 29.4 Å². The molecule has 0 aliphatic heterocycles. The third-order valence-electron chi connectivity index (χ3n) is 4.62. The fourth-order valence-corrected chi connectivity index (χ4v) is 3.14. The van der Waals surface area contributed by atoms with Crippen molar-refractivity contribution in [1.82, 2.24) is 10.6 Å². The van der Waals surface area contributed by atoms with Gasteiger partial charge in [-0.2, -0.15) is 5.26 Å². The van der Waals surface area contributed by atoms with Gasteiger partial charge in [0.1, 0.15) is 0 Å². The molecule has 3 rings (SSSR count). The highest BCUT2D eigenvalue weighted by molar-refractivity contribution is 14.0. The van der Waals surface area contributed by atoms with Crippen LogP contribution in [0, 0.1) is 11.3 Å². The van der Waals surface area contributed by atoms with Gasteiger partial charge in [0, 0.05) is 30.6 Å². The molecule has 1 aliphatic carbocycles. The highest BCUT2D eigenvalue weighted by atomic mass is 127. The molecule has 0 heterocycles. The molecule has 0 spiro atoms. The van der Waals surface area contributed by atoms with Crippen LogP contribution in [-0.4, -0.2) is 19.6 Å². The number of benzene rings is 2. The zero-order valence-electron chi connectivity index (χ0n) is 14.6. The molecule has 6 heteroatoms. The van der Waals surface area contributed by atoms with Crippen LogP contribution in [0.15, 0.2) is 53.5 Å². The number of aliphatic imine (C=N–C) groups is 1. The number of guanidine groups is 1. The minimum absolute atomic E-state index is 0. The van der Waals surface area contributed by atoms with Gasteiger partial charge in [-0.3, -0.25) is 4.99 Å². The number of hydrogen-bond donors (Lipinski definition) is 2. The van der Waals surface area contributed by atoms with Crippen LogP contribution < -0.4 is 10.6 Å². The van der Waals surface area contributed by atoms with E-state index in [2.05, 4.69) is 33.8 Å². The lowest BCUT2D eigenvalue weighted by Gasteiger charge is -2.19. The van der Waals surface area contributed by atoms with Crippen LogP contribution >= 0.6 is 35.6 Å². The maximum atomic E-state index is 8.98. The van der Waals surface area contributed by atoms with Gasteiger partial charge in [0.2, 0.25) is 0 Å². The Morgan fingerprint density at radius 2 is 1.96 bits per heavy atom. The standard InChI is InChI=1S/C20H21ClN4.HI/c1-23-19(24-13-16-5-2-4-15(10-16)12-22)25-14-20(8-9-20)17-6-3-7-18(21)11-17;/h2-7,10-11H,8-9,13-14H2,1H3,(H2,23,24,25);1H. The summed E-state index contributed by atoms with van der Waals surface area (Å²) < 4.78 is 0. The second kappa shape index (κ2) is 9.24. The first-order chi connectivity index (χ1) is 12.1. The lowest BCUT2D eigenvalue weighted by Crippen LogP contribution is -2.40. The van der Waals surface area contributed by atoms with Crippen LogP contribution in [0.25, 0.3) is 0 Å². The average Bonchev–Trinajstić information content (AvgIpc) is 3.43. The van der Waals surface area contributed by atoms with Crippen molar-refractivity contribution in [2.75, 3.05) is 13.6 Å². The van der Waals surface area contributed by atoms with E-state index >= 15 is 0 Å². The molecule has 1 fully saturated rings. The molecule has 4 nitrogen and oxygen atoms in total. The second-order valence-corrected chi connectivity index (χ2v) is 6.82. The van der Waals surface area contributed by atoms with Gasteiger partial charge in [-0.05, 0) is 48.2 Å². The Hall–Kier alpha value is -1.78. The highest BCUT2D eigenvalue weighted by Crippen LogP contribution is 2.48. The molecule has 0 bridgehead atoms. The quantitative estimate of drug-likeness (QED) is 0.383. The van der Waals surface area contributed by atoms with Gasteiger partial charge in [0.15, 0.2) is 5.96 Å². The number of nitrogens with one attached hydrogen (secondary N) is 2. The summed E-state index contributed by atoms with van der Waals surface area (Å²) >= 11 is 6.13. The zero-order chi connectivity index (χ0) is 17.7. The molecule has 2 aromatic rings. The lowest BCUT2D eigenvalue weighted by molar-refractivity contribution is 0.645. The van der Waals surface area contributed by atoms with E-state index in [0.717, 1.165) is 35.9 Å². The molecular formula is C20H22ClIN4. The molecule has 0 radical (unpaired) electrons. The van der Waals surface area contributed by atoms with E-state index in [1.165, 1.54) is 5.56 Å². The van der Waals surface area contributed by atoms with Crippen LogP contribution in [0.2, 0.25) is 5.02 Å². The minimum atomic E-state index is 0. The molecule has 0 amide bonds. The third-order valence-corrected chi connectivity index (χ3v) is 4.86. The van der Waals surface area contributed by atoms with Crippen molar-refractivity contribution < 1.29 is 0 Å². The van der Waals surface area contributed by atoms with Crippen molar-refractivity contribution in [3.63, 3.8) is 0 Å². The Morgan fingerprint density at radius 1 is 1.19 bits per heavy atom. The van der Waals surface area contributed by atoms with Crippen molar-refractivity contribution in [3.05, 3.63) is 70.2 Å². The van der Waals surface area contributed by atoms with E-state index in [4.69, 9.17) is 16.9 Å². The fourth-order valence-electron chi connectivity index (χ4n) is 2.95. The van der Waals surface area contributed by atoms with Crippen molar-refractivity contribution in [2.24, 2.45) is 4.99 Å². The van der Waals surface area contributed by atoms with E-state index in [9.17, 15) is 0 Å². The molecule has 136 valence electrons. The predicted octanol–water partition coefficient (Wildman–Crippen LogP) is 4.23. The maximum Gasteiger partial charge on any atom is 0.191 e. The summed E-state index contributed by atoms with van der Waals surface area (Å²) in [6.45, 7) is 1.45. The molecule has 1 saturated carbocycles. The molecule has 1 aliphatic rings. The van der Waals surface area contributed by atoms with Crippen molar-refractivity contribution in [3.8, 4) is 6.07 Å². The maximum absolute atomic E-state index is 8.98. The SMILES string of the molecule is CN=C(NCc1cccc(C#N)c1)NCC1(c2cccc(Cl)c2)CC1.I. The Labute approximate surface area is 176 Å². The van der Waals surface area contributed by atoms with Gasteiger partial charge in [-0.1, -0.05) is 35.9 Å². The summed E-state index contributed by atoms with van der Waals surface area (Å²) in [6, 6.07) is 17.8. The Balaban J connectivity index is 0.00000243. The number of nitriles is 1. The first-order valence-electron chi connectivity index (χ1n) is 8.35. The van der Waals surface area contributed by atoms with Crippen LogP contribution in [0.5, 0.6) is 0 Å². The van der Waals surface area contributed by atoms with Crippen molar-refractivity contribution in [1.29, 1.82) is 5.26 Å². The summed E-state index contributed by atoms with van der Waals surface area (Å²) in [4.78, 5) is 4.29. The minimum Gasteiger partial charge on any atom is -0.356 e. The molecular weight excluding hydrogens is 459 g/mol. The summed E-state index contributed by atoms with van der Waals surface area (Å²) in [7, 11) is 1.76. The van der Waals surface area contributed by atoms with E-state index in [1.54, 1.807) is 13.1 Å². The van der Waals surface area contributed by atoms with Gasteiger partial charge in [0.05, 0.1) is 11.6 Å². The predicted molar refractivity (Wildman–Crippen MR) is 117 cm³/mol. The number of rotatable bonds is 5. The lowest BCUT2D eigenvalue weighted by atomic mass is 9.96. The largest absolute Gasteiger partial charge is 0.356 e. The molecule has 0 aromatic heterocycles. The molecule has 0 atom stereocenters. The highest BCUT2D eigenvalue weighted by Gasteiger charge is 2.44. The molecule has 2 N–H and O–H groups in total. The normalized spacial score (nSPS) is 14.7. The summed E-state index contributed by atoms with van der Waals surface area (Å²) in [5.41, 5.74) is 3.16. The number of halogens is 2. The Kier molecular flexibility index (Phi) is 7.30. The summed E-state index contributed by atoms with van der Waals surface area (Å²) in [5, 5.41) is 16.5. The average molecular weight is 481 g/mol. The van der Waals surface area contributed by atoms with Gasteiger partial charge in [-0.15, -0.1) is 24.0 Å². The first kappa shape index (κ1) is 20.5. The van der Waals surface area contributed by atoms with E-state index in [0.29, 0.717) is 12.1 Å². The first-order valence-corrected chi connectivity index (χ1v) is 8.73. The van der Waals surface area contributed by atoms with Gasteiger partial charge in [-0.25, -0.2) is 0 Å². The molecule has 2 aromatic carbocycles. The van der Waals surface area contributed by atoms with Crippen LogP contribution in [0.3, 0.4) is 0 Å². The fraction of sp³-hybridized carbons (Fsp3) is 0.300. The molecule has 26 heavy (non-hydrogen) atoms. The van der Waals surface area contributed by atoms with Gasteiger partial charge < -0.3 is 10.6 Å². The second-order valence-electron chi connectivity index (χ2n) is 6.38. The van der Waals surface area contributed by atoms with E-state index < -0.39 is 0 Å². The molecule has 0 unspecified atom stereocenters. The number of nitrogens with zero attached hydrogens (tertiary/aromatic N) is 2. The van der Waals surface area contributed by atoms with Gasteiger partial charge >= 0.3 is 0 Å². The van der Waals surface area contributed by atoms with Crippen LogP contribution in [0.1, 0.15) is 29.5 Å². The third kappa shape index (κ3) is 5.12. The van der Waals surface area contributed by atoms with Crippen molar-refractivity contribution >= 4 is 41.5 Å². The topological polar surface area (TPSA) is 60.2 Å². The smallest absolute Gasteiger partial charge is 0.191 e. The van der Waals surface area contributed by atoms with E-state index in [1.807, 2.05) is 30.3 Å². The zero-order valence-corrected chi connectivity index (χ0v) is 17.7. The Bertz CT molecular complexity index is 825. The Morgan fingerprint density at radius 3 is 2.62 bits per heavy atom. The summed E-state index contributed by atoms with van der Waals surface area (Å²) in [5.74, 6) is 0.760.